The molecular formula is C15H20N2OS. The molecule has 2 N–H and O–H groups in total. The first-order valence-electron chi connectivity index (χ1n) is 7.05. The second-order valence-corrected chi connectivity index (χ2v) is 6.40. The van der Waals surface area contributed by atoms with Gasteiger partial charge in [-0.2, -0.15) is 0 Å². The number of rotatable bonds is 4. The van der Waals surface area contributed by atoms with E-state index in [0.29, 0.717) is 0 Å². The van der Waals surface area contributed by atoms with Crippen molar-refractivity contribution in [2.45, 2.75) is 23.7 Å². The lowest BCUT2D eigenvalue weighted by Gasteiger charge is -2.13. The van der Waals surface area contributed by atoms with Crippen molar-refractivity contribution in [2.75, 3.05) is 25.4 Å². The molecule has 2 heterocycles. The molecule has 0 aromatic heterocycles. The summed E-state index contributed by atoms with van der Waals surface area (Å²) in [6.07, 6.45) is 2.35. The van der Waals surface area contributed by atoms with Crippen molar-refractivity contribution in [3.63, 3.8) is 0 Å². The summed E-state index contributed by atoms with van der Waals surface area (Å²) in [5.74, 6) is 1.87. The molecule has 2 unspecified atom stereocenters. The van der Waals surface area contributed by atoms with Gasteiger partial charge < -0.3 is 10.6 Å². The van der Waals surface area contributed by atoms with E-state index in [0.717, 1.165) is 37.7 Å². The summed E-state index contributed by atoms with van der Waals surface area (Å²) in [5.41, 5.74) is 1.20. The number of hydrogen-bond donors (Lipinski definition) is 2. The summed E-state index contributed by atoms with van der Waals surface area (Å²) < 4.78 is 0. The van der Waals surface area contributed by atoms with Crippen LogP contribution in [0.25, 0.3) is 0 Å². The topological polar surface area (TPSA) is 41.1 Å². The molecular weight excluding hydrogens is 256 g/mol. The number of nitrogens with one attached hydrogen (secondary N) is 2. The number of carbonyl (C=O) groups is 1. The molecule has 102 valence electrons. The van der Waals surface area contributed by atoms with Crippen molar-refractivity contribution in [1.82, 2.24) is 10.6 Å². The quantitative estimate of drug-likeness (QED) is 0.883. The monoisotopic (exact) mass is 276 g/mol. The van der Waals surface area contributed by atoms with E-state index in [-0.39, 0.29) is 11.8 Å². The minimum absolute atomic E-state index is 0.0444. The molecule has 3 nitrogen and oxygen atoms in total. The molecule has 2 aliphatic heterocycles. The number of thioether (sulfide) groups is 1. The van der Waals surface area contributed by atoms with E-state index in [9.17, 15) is 4.79 Å². The molecule has 2 aliphatic rings. The number of carbonyl (C=O) groups excluding carboxylic acids is 1. The van der Waals surface area contributed by atoms with Crippen molar-refractivity contribution in [2.24, 2.45) is 5.92 Å². The third kappa shape index (κ3) is 2.95. The summed E-state index contributed by atoms with van der Waals surface area (Å²) in [5, 5.41) is 6.47. The molecule has 1 aromatic rings. The molecule has 1 saturated heterocycles. The van der Waals surface area contributed by atoms with Crippen molar-refractivity contribution in [3.8, 4) is 0 Å². The molecule has 1 amide bonds. The molecule has 0 aliphatic carbocycles. The van der Waals surface area contributed by atoms with Crippen LogP contribution in [0.5, 0.6) is 0 Å². The number of hydrogen-bond acceptors (Lipinski definition) is 3. The van der Waals surface area contributed by atoms with Crippen LogP contribution < -0.4 is 10.6 Å². The van der Waals surface area contributed by atoms with Gasteiger partial charge in [-0.3, -0.25) is 4.79 Å². The van der Waals surface area contributed by atoms with E-state index in [4.69, 9.17) is 0 Å². The first-order chi connectivity index (χ1) is 9.34. The maximum Gasteiger partial charge on any atom is 0.228 e. The predicted octanol–water partition coefficient (Wildman–Crippen LogP) is 1.99. The first-order valence-corrected chi connectivity index (χ1v) is 8.03. The van der Waals surface area contributed by atoms with Crippen LogP contribution >= 0.6 is 11.8 Å². The Balaban J connectivity index is 1.51. The van der Waals surface area contributed by atoms with E-state index in [1.165, 1.54) is 16.9 Å². The summed E-state index contributed by atoms with van der Waals surface area (Å²) in [6.45, 7) is 3.05. The fourth-order valence-corrected chi connectivity index (χ4v) is 4.09. The highest BCUT2D eigenvalue weighted by Gasteiger charge is 2.28. The van der Waals surface area contributed by atoms with Crippen LogP contribution in [0.3, 0.4) is 0 Å². The smallest absolute Gasteiger partial charge is 0.228 e. The van der Waals surface area contributed by atoms with Gasteiger partial charge in [0.05, 0.1) is 5.92 Å². The van der Waals surface area contributed by atoms with Gasteiger partial charge in [-0.1, -0.05) is 18.2 Å². The van der Waals surface area contributed by atoms with Crippen LogP contribution in [0.4, 0.5) is 0 Å². The van der Waals surface area contributed by atoms with Gasteiger partial charge in [0.25, 0.3) is 0 Å². The molecule has 1 fully saturated rings. The second kappa shape index (κ2) is 5.97. The molecule has 0 radical (unpaired) electrons. The van der Waals surface area contributed by atoms with Gasteiger partial charge in [0.1, 0.15) is 0 Å². The van der Waals surface area contributed by atoms with Gasteiger partial charge in [-0.15, -0.1) is 11.8 Å². The Morgan fingerprint density at radius 1 is 1.42 bits per heavy atom. The van der Waals surface area contributed by atoms with E-state index < -0.39 is 0 Å². The fraction of sp³-hybridized carbons (Fsp3) is 0.533. The Morgan fingerprint density at radius 3 is 3.16 bits per heavy atom. The van der Waals surface area contributed by atoms with Crippen LogP contribution in [-0.2, 0) is 4.79 Å². The van der Waals surface area contributed by atoms with Gasteiger partial charge in [0.15, 0.2) is 0 Å². The van der Waals surface area contributed by atoms with Gasteiger partial charge >= 0.3 is 0 Å². The molecule has 0 spiro atoms. The normalized spacial score (nSPS) is 25.3. The Kier molecular flexibility index (Phi) is 4.09. The maximum absolute atomic E-state index is 12.2. The predicted molar refractivity (Wildman–Crippen MR) is 78.5 cm³/mol. The lowest BCUT2D eigenvalue weighted by Crippen LogP contribution is -2.31. The zero-order valence-electron chi connectivity index (χ0n) is 11.0. The van der Waals surface area contributed by atoms with E-state index >= 15 is 0 Å². The fourth-order valence-electron chi connectivity index (χ4n) is 2.86. The molecule has 2 atom stereocenters. The van der Waals surface area contributed by atoms with Crippen molar-refractivity contribution in [3.05, 3.63) is 29.8 Å². The highest BCUT2D eigenvalue weighted by molar-refractivity contribution is 7.99. The summed E-state index contributed by atoms with van der Waals surface area (Å²) in [6, 6.07) is 8.26. The molecule has 0 saturated carbocycles. The average molecular weight is 276 g/mol. The minimum Gasteiger partial charge on any atom is -0.356 e. The number of benzene rings is 1. The highest BCUT2D eigenvalue weighted by atomic mass is 32.2. The molecule has 0 bridgehead atoms. The van der Waals surface area contributed by atoms with Gasteiger partial charge in [0.2, 0.25) is 5.91 Å². The van der Waals surface area contributed by atoms with Crippen LogP contribution in [0.2, 0.25) is 0 Å². The zero-order valence-corrected chi connectivity index (χ0v) is 11.8. The van der Waals surface area contributed by atoms with Gasteiger partial charge in [-0.25, -0.2) is 0 Å². The van der Waals surface area contributed by atoms with Crippen LogP contribution in [0.15, 0.2) is 29.2 Å². The Bertz CT molecular complexity index is 457. The lowest BCUT2D eigenvalue weighted by molar-refractivity contribution is -0.122. The van der Waals surface area contributed by atoms with E-state index in [1.807, 2.05) is 12.1 Å². The third-order valence-corrected chi connectivity index (χ3v) is 5.21. The summed E-state index contributed by atoms with van der Waals surface area (Å²) >= 11 is 1.79. The Hall–Kier alpha value is -1.00. The summed E-state index contributed by atoms with van der Waals surface area (Å²) in [7, 11) is 0. The molecule has 4 heteroatoms. The Morgan fingerprint density at radius 2 is 2.32 bits per heavy atom. The second-order valence-electron chi connectivity index (χ2n) is 5.34. The van der Waals surface area contributed by atoms with Crippen LogP contribution in [0.1, 0.15) is 24.3 Å². The standard InChI is InChI=1S/C15H20N2OS/c18-15(17-8-6-11-5-7-16-9-11)13-10-19-14-4-2-1-3-12(13)14/h1-4,11,13,16H,5-10H2,(H,17,18). The maximum atomic E-state index is 12.2. The SMILES string of the molecule is O=C(NCCC1CCNC1)C1CSc2ccccc21. The summed E-state index contributed by atoms with van der Waals surface area (Å²) in [4.78, 5) is 13.5. The van der Waals surface area contributed by atoms with Gasteiger partial charge in [-0.05, 0) is 43.5 Å². The van der Waals surface area contributed by atoms with Crippen molar-refractivity contribution in [1.29, 1.82) is 0 Å². The lowest BCUT2D eigenvalue weighted by atomic mass is 10.00. The Labute approximate surface area is 118 Å². The third-order valence-electron chi connectivity index (χ3n) is 4.03. The molecule has 19 heavy (non-hydrogen) atoms. The number of fused-ring (bicyclic) bond motifs is 1. The van der Waals surface area contributed by atoms with Crippen molar-refractivity contribution < 1.29 is 4.79 Å². The highest BCUT2D eigenvalue weighted by Crippen LogP contribution is 2.39. The van der Waals surface area contributed by atoms with E-state index in [1.54, 1.807) is 11.8 Å². The largest absolute Gasteiger partial charge is 0.356 e. The van der Waals surface area contributed by atoms with Crippen molar-refractivity contribution >= 4 is 17.7 Å². The average Bonchev–Trinajstić information content (AvgIpc) is 3.07. The number of amides is 1. The van der Waals surface area contributed by atoms with E-state index in [2.05, 4.69) is 22.8 Å². The first kappa shape index (κ1) is 13.0. The molecule has 3 rings (SSSR count). The zero-order chi connectivity index (χ0) is 13.1. The van der Waals surface area contributed by atoms with Gasteiger partial charge in [0, 0.05) is 17.2 Å². The minimum atomic E-state index is 0.0444. The molecule has 1 aromatic carbocycles. The van der Waals surface area contributed by atoms with Crippen LogP contribution in [0, 0.1) is 5.92 Å². The van der Waals surface area contributed by atoms with Crippen LogP contribution in [-0.4, -0.2) is 31.3 Å².